The number of carbonyl (C=O) groups is 2. The molecule has 146 valence electrons. The predicted molar refractivity (Wildman–Crippen MR) is 95.6 cm³/mol. The maximum absolute atomic E-state index is 12.6. The number of alkyl halides is 3. The van der Waals surface area contributed by atoms with Crippen molar-refractivity contribution in [3.05, 3.63) is 29.8 Å². The molecular formula is C19H27F3N2O2. The Hall–Kier alpha value is -2.05. The van der Waals surface area contributed by atoms with Crippen LogP contribution >= 0.6 is 0 Å². The number of nitrogens with zero attached hydrogens (tertiary/aromatic N) is 1. The molecule has 7 heteroatoms. The summed E-state index contributed by atoms with van der Waals surface area (Å²) in [7, 11) is 0. The van der Waals surface area contributed by atoms with E-state index in [1.165, 1.54) is 6.92 Å². The summed E-state index contributed by atoms with van der Waals surface area (Å²) in [5, 5.41) is 2.76. The summed E-state index contributed by atoms with van der Waals surface area (Å²) in [6.45, 7) is 3.41. The van der Waals surface area contributed by atoms with Gasteiger partial charge in [-0.1, -0.05) is 44.7 Å². The molecule has 1 aromatic carbocycles. The molecule has 0 fully saturated rings. The van der Waals surface area contributed by atoms with Crippen LogP contribution in [0, 0.1) is 0 Å². The molecular weight excluding hydrogens is 345 g/mol. The number of anilines is 1. The maximum Gasteiger partial charge on any atom is 0.471 e. The lowest BCUT2D eigenvalue weighted by Crippen LogP contribution is -2.40. The summed E-state index contributed by atoms with van der Waals surface area (Å²) < 4.78 is 37.8. The topological polar surface area (TPSA) is 49.4 Å². The van der Waals surface area contributed by atoms with Crippen LogP contribution in [0.4, 0.5) is 18.9 Å². The zero-order chi connectivity index (χ0) is 19.6. The zero-order valence-electron chi connectivity index (χ0n) is 15.4. The predicted octanol–water partition coefficient (Wildman–Crippen LogP) is 4.90. The van der Waals surface area contributed by atoms with Crippen molar-refractivity contribution in [3.63, 3.8) is 0 Å². The fraction of sp³-hybridized carbons (Fsp3) is 0.579. The van der Waals surface area contributed by atoms with Crippen molar-refractivity contribution >= 4 is 17.5 Å². The molecule has 26 heavy (non-hydrogen) atoms. The molecule has 0 spiro atoms. The lowest BCUT2D eigenvalue weighted by atomic mass is 10.1. The number of hydrogen-bond acceptors (Lipinski definition) is 2. The molecule has 0 aliphatic rings. The van der Waals surface area contributed by atoms with Crippen LogP contribution in [-0.4, -0.2) is 29.4 Å². The van der Waals surface area contributed by atoms with Crippen LogP contribution in [0.1, 0.15) is 57.9 Å². The van der Waals surface area contributed by atoms with E-state index < -0.39 is 12.1 Å². The molecule has 0 saturated heterocycles. The van der Waals surface area contributed by atoms with Gasteiger partial charge in [-0.25, -0.2) is 0 Å². The normalized spacial score (nSPS) is 11.3. The van der Waals surface area contributed by atoms with Gasteiger partial charge in [0.05, 0.1) is 0 Å². The molecule has 2 amide bonds. The Balaban J connectivity index is 2.59. The van der Waals surface area contributed by atoms with Gasteiger partial charge in [-0.05, 0) is 31.0 Å². The number of unbranched alkanes of at least 4 members (excludes halogenated alkanes) is 4. The van der Waals surface area contributed by atoms with Crippen LogP contribution in [0.25, 0.3) is 0 Å². The van der Waals surface area contributed by atoms with Crippen LogP contribution in [0.5, 0.6) is 0 Å². The number of hydrogen-bond donors (Lipinski definition) is 1. The highest BCUT2D eigenvalue weighted by Crippen LogP contribution is 2.21. The van der Waals surface area contributed by atoms with E-state index >= 15 is 0 Å². The van der Waals surface area contributed by atoms with Gasteiger partial charge in [-0.2, -0.15) is 13.2 Å². The Kier molecular flexibility index (Phi) is 9.16. The summed E-state index contributed by atoms with van der Waals surface area (Å²) in [5.74, 6) is -1.97. The summed E-state index contributed by atoms with van der Waals surface area (Å²) in [5.41, 5.74) is 1.06. The number of amides is 2. The van der Waals surface area contributed by atoms with E-state index in [1.807, 2.05) is 0 Å². The number of rotatable bonds is 10. The first-order valence-corrected chi connectivity index (χ1v) is 9.02. The molecule has 4 nitrogen and oxygen atoms in total. The van der Waals surface area contributed by atoms with Gasteiger partial charge in [0.1, 0.15) is 0 Å². The van der Waals surface area contributed by atoms with E-state index in [0.717, 1.165) is 37.0 Å². The van der Waals surface area contributed by atoms with Crippen LogP contribution < -0.4 is 5.32 Å². The summed E-state index contributed by atoms with van der Waals surface area (Å²) in [6.07, 6.45) is 0.765. The molecule has 0 aromatic heterocycles. The quantitative estimate of drug-likeness (QED) is 0.594. The van der Waals surface area contributed by atoms with Crippen molar-refractivity contribution in [2.45, 2.75) is 65.1 Å². The Bertz CT molecular complexity index is 588. The minimum Gasteiger partial charge on any atom is -0.331 e. The fourth-order valence-electron chi connectivity index (χ4n) is 2.59. The van der Waals surface area contributed by atoms with Gasteiger partial charge in [0.2, 0.25) is 5.91 Å². The van der Waals surface area contributed by atoms with E-state index in [4.69, 9.17) is 0 Å². The van der Waals surface area contributed by atoms with E-state index in [2.05, 4.69) is 12.2 Å². The molecule has 0 atom stereocenters. The summed E-state index contributed by atoms with van der Waals surface area (Å²) >= 11 is 0. The van der Waals surface area contributed by atoms with Crippen LogP contribution in [0.3, 0.4) is 0 Å². The lowest BCUT2D eigenvalue weighted by molar-refractivity contribution is -0.185. The summed E-state index contributed by atoms with van der Waals surface area (Å²) in [6, 6.07) is 6.56. The highest BCUT2D eigenvalue weighted by molar-refractivity contribution is 5.90. The van der Waals surface area contributed by atoms with Crippen molar-refractivity contribution in [2.24, 2.45) is 0 Å². The van der Waals surface area contributed by atoms with Crippen molar-refractivity contribution in [1.29, 1.82) is 0 Å². The van der Waals surface area contributed by atoms with Crippen molar-refractivity contribution in [1.82, 2.24) is 4.90 Å². The number of nitrogens with one attached hydrogen (secondary N) is 1. The number of benzene rings is 1. The molecule has 0 saturated carbocycles. The molecule has 1 N–H and O–H groups in total. The Morgan fingerprint density at radius 2 is 1.77 bits per heavy atom. The van der Waals surface area contributed by atoms with Crippen molar-refractivity contribution < 1.29 is 22.8 Å². The van der Waals surface area contributed by atoms with Gasteiger partial charge in [0, 0.05) is 25.2 Å². The Morgan fingerprint density at radius 3 is 2.38 bits per heavy atom. The van der Waals surface area contributed by atoms with Crippen molar-refractivity contribution in [3.8, 4) is 0 Å². The number of carbonyl (C=O) groups excluding carboxylic acids is 2. The molecule has 0 radical (unpaired) electrons. The van der Waals surface area contributed by atoms with E-state index in [9.17, 15) is 22.8 Å². The fourth-order valence-corrected chi connectivity index (χ4v) is 2.59. The second-order valence-electron chi connectivity index (χ2n) is 6.23. The zero-order valence-corrected chi connectivity index (χ0v) is 15.4. The maximum atomic E-state index is 12.6. The van der Waals surface area contributed by atoms with Gasteiger partial charge >= 0.3 is 12.1 Å². The standard InChI is InChI=1S/C19H27F3N2O2/c1-3-5-6-7-8-12-17(25)23-16-11-9-10-15(13-16)14-24(4-2)18(26)19(20,21)22/h9-11,13H,3-8,12,14H2,1-2H3,(H,23,25). The Labute approximate surface area is 152 Å². The molecule has 0 bridgehead atoms. The molecule has 0 unspecified atom stereocenters. The second kappa shape index (κ2) is 10.8. The largest absolute Gasteiger partial charge is 0.471 e. The first-order chi connectivity index (χ1) is 12.3. The average molecular weight is 372 g/mol. The second-order valence-corrected chi connectivity index (χ2v) is 6.23. The monoisotopic (exact) mass is 372 g/mol. The molecule has 1 rings (SSSR count). The molecule has 0 aliphatic carbocycles. The molecule has 1 aromatic rings. The van der Waals surface area contributed by atoms with Crippen LogP contribution in [-0.2, 0) is 16.1 Å². The third-order valence-corrected chi connectivity index (χ3v) is 4.00. The average Bonchev–Trinajstić information content (AvgIpc) is 2.58. The molecule has 0 aliphatic heterocycles. The van der Waals surface area contributed by atoms with Crippen molar-refractivity contribution in [2.75, 3.05) is 11.9 Å². The number of halogens is 3. The van der Waals surface area contributed by atoms with Gasteiger partial charge < -0.3 is 10.2 Å². The van der Waals surface area contributed by atoms with E-state index in [1.54, 1.807) is 24.3 Å². The third kappa shape index (κ3) is 7.89. The lowest BCUT2D eigenvalue weighted by Gasteiger charge is -2.22. The van der Waals surface area contributed by atoms with Gasteiger partial charge in [0.15, 0.2) is 0 Å². The third-order valence-electron chi connectivity index (χ3n) is 4.00. The minimum absolute atomic E-state index is 0.0489. The smallest absolute Gasteiger partial charge is 0.331 e. The molecule has 0 heterocycles. The first kappa shape index (κ1) is 22.0. The Morgan fingerprint density at radius 1 is 1.08 bits per heavy atom. The minimum atomic E-state index is -4.89. The SMILES string of the molecule is CCCCCCCC(=O)Nc1cccc(CN(CC)C(=O)C(F)(F)F)c1. The van der Waals surface area contributed by atoms with E-state index in [-0.39, 0.29) is 19.0 Å². The van der Waals surface area contributed by atoms with Gasteiger partial charge in [-0.15, -0.1) is 0 Å². The first-order valence-electron chi connectivity index (χ1n) is 9.02. The van der Waals surface area contributed by atoms with Gasteiger partial charge in [0.25, 0.3) is 0 Å². The highest BCUT2D eigenvalue weighted by Gasteiger charge is 2.41. The van der Waals surface area contributed by atoms with Crippen LogP contribution in [0.2, 0.25) is 0 Å². The van der Waals surface area contributed by atoms with Gasteiger partial charge in [-0.3, -0.25) is 9.59 Å². The van der Waals surface area contributed by atoms with Crippen LogP contribution in [0.15, 0.2) is 24.3 Å². The summed E-state index contributed by atoms with van der Waals surface area (Å²) in [4.78, 5) is 24.1. The van der Waals surface area contributed by atoms with E-state index in [0.29, 0.717) is 17.7 Å². The highest BCUT2D eigenvalue weighted by atomic mass is 19.4.